The molecule has 0 bridgehead atoms. The second-order valence-electron chi connectivity index (χ2n) is 6.70. The number of halogens is 1. The molecule has 0 amide bonds. The SMILES string of the molecule is CCNC(=NCC1(CC)CCC1)NCC1CCN(C)C1.I. The van der Waals surface area contributed by atoms with Crippen molar-refractivity contribution < 1.29 is 0 Å². The Hall–Kier alpha value is -0.0400. The van der Waals surface area contributed by atoms with Crippen LogP contribution < -0.4 is 10.6 Å². The zero-order chi connectivity index (χ0) is 14.4. The number of nitrogens with one attached hydrogen (secondary N) is 2. The summed E-state index contributed by atoms with van der Waals surface area (Å²) in [6.45, 7) is 9.88. The Morgan fingerprint density at radius 2 is 2.05 bits per heavy atom. The van der Waals surface area contributed by atoms with Crippen molar-refractivity contribution in [3.63, 3.8) is 0 Å². The minimum atomic E-state index is 0. The van der Waals surface area contributed by atoms with Crippen molar-refractivity contribution in [2.75, 3.05) is 39.8 Å². The minimum Gasteiger partial charge on any atom is -0.357 e. The van der Waals surface area contributed by atoms with Crippen molar-refractivity contribution in [2.24, 2.45) is 16.3 Å². The van der Waals surface area contributed by atoms with E-state index in [-0.39, 0.29) is 24.0 Å². The van der Waals surface area contributed by atoms with Gasteiger partial charge in [0.2, 0.25) is 0 Å². The summed E-state index contributed by atoms with van der Waals surface area (Å²) >= 11 is 0. The number of likely N-dealkylation sites (tertiary alicyclic amines) is 1. The van der Waals surface area contributed by atoms with E-state index >= 15 is 0 Å². The number of nitrogens with zero attached hydrogens (tertiary/aromatic N) is 2. The van der Waals surface area contributed by atoms with Crippen molar-refractivity contribution in [3.8, 4) is 0 Å². The molecule has 5 heteroatoms. The Labute approximate surface area is 147 Å². The lowest BCUT2D eigenvalue weighted by Crippen LogP contribution is -2.41. The van der Waals surface area contributed by atoms with Crippen LogP contribution in [-0.4, -0.2) is 50.6 Å². The molecule has 0 spiro atoms. The third kappa shape index (κ3) is 5.58. The van der Waals surface area contributed by atoms with Gasteiger partial charge >= 0.3 is 0 Å². The van der Waals surface area contributed by atoms with Crippen LogP contribution >= 0.6 is 24.0 Å². The number of hydrogen-bond donors (Lipinski definition) is 2. The first kappa shape index (κ1) is 19.0. The lowest BCUT2D eigenvalue weighted by atomic mass is 9.67. The van der Waals surface area contributed by atoms with Crippen LogP contribution in [0.25, 0.3) is 0 Å². The van der Waals surface area contributed by atoms with E-state index in [9.17, 15) is 0 Å². The Balaban J connectivity index is 0.00000220. The third-order valence-corrected chi connectivity index (χ3v) is 5.13. The second-order valence-corrected chi connectivity index (χ2v) is 6.70. The van der Waals surface area contributed by atoms with E-state index in [1.54, 1.807) is 0 Å². The standard InChI is InChI=1S/C16H32N4.HI/c1-4-16(8-6-9-16)13-19-15(17-5-2)18-11-14-7-10-20(3)12-14;/h14H,4-13H2,1-3H3,(H2,17,18,19);1H. The van der Waals surface area contributed by atoms with Gasteiger partial charge < -0.3 is 15.5 Å². The highest BCUT2D eigenvalue weighted by Crippen LogP contribution is 2.43. The molecule has 1 aliphatic carbocycles. The molecule has 2 aliphatic rings. The van der Waals surface area contributed by atoms with Gasteiger partial charge in [-0.1, -0.05) is 13.3 Å². The van der Waals surface area contributed by atoms with Gasteiger partial charge in [-0.3, -0.25) is 4.99 Å². The normalized spacial score (nSPS) is 25.1. The fourth-order valence-corrected chi connectivity index (χ4v) is 3.32. The molecule has 1 saturated heterocycles. The summed E-state index contributed by atoms with van der Waals surface area (Å²) in [6, 6.07) is 0. The van der Waals surface area contributed by atoms with Gasteiger partial charge in [-0.2, -0.15) is 0 Å². The van der Waals surface area contributed by atoms with E-state index in [1.165, 1.54) is 45.2 Å². The van der Waals surface area contributed by atoms with Crippen molar-refractivity contribution >= 4 is 29.9 Å². The van der Waals surface area contributed by atoms with Crippen molar-refractivity contribution in [3.05, 3.63) is 0 Å². The zero-order valence-corrected chi connectivity index (χ0v) is 16.3. The summed E-state index contributed by atoms with van der Waals surface area (Å²) in [6.07, 6.45) is 6.69. The number of rotatable bonds is 6. The van der Waals surface area contributed by atoms with E-state index in [2.05, 4.69) is 36.4 Å². The van der Waals surface area contributed by atoms with Crippen LogP contribution in [-0.2, 0) is 0 Å². The average Bonchev–Trinajstić information content (AvgIpc) is 2.81. The lowest BCUT2D eigenvalue weighted by Gasteiger charge is -2.40. The molecular formula is C16H33IN4. The molecule has 2 fully saturated rings. The Kier molecular flexibility index (Phi) is 8.31. The fraction of sp³-hybridized carbons (Fsp3) is 0.938. The van der Waals surface area contributed by atoms with Crippen LogP contribution in [0.2, 0.25) is 0 Å². The summed E-state index contributed by atoms with van der Waals surface area (Å²) in [7, 11) is 2.21. The molecule has 0 aromatic rings. The van der Waals surface area contributed by atoms with Crippen molar-refractivity contribution in [1.29, 1.82) is 0 Å². The molecule has 1 aliphatic heterocycles. The van der Waals surface area contributed by atoms with Gasteiger partial charge in [-0.25, -0.2) is 0 Å². The van der Waals surface area contributed by atoms with Gasteiger partial charge in [-0.15, -0.1) is 24.0 Å². The van der Waals surface area contributed by atoms with E-state index in [4.69, 9.17) is 4.99 Å². The maximum Gasteiger partial charge on any atom is 0.191 e. The van der Waals surface area contributed by atoms with Crippen LogP contribution in [0.5, 0.6) is 0 Å². The van der Waals surface area contributed by atoms with Gasteiger partial charge in [0.15, 0.2) is 5.96 Å². The first-order chi connectivity index (χ1) is 9.67. The number of hydrogen-bond acceptors (Lipinski definition) is 2. The van der Waals surface area contributed by atoms with Gasteiger partial charge in [0.05, 0.1) is 0 Å². The molecule has 2 rings (SSSR count). The number of aliphatic imine (C=N–C) groups is 1. The quantitative estimate of drug-likeness (QED) is 0.403. The molecule has 2 N–H and O–H groups in total. The molecule has 1 unspecified atom stereocenters. The molecule has 124 valence electrons. The topological polar surface area (TPSA) is 39.7 Å². The smallest absolute Gasteiger partial charge is 0.191 e. The first-order valence-corrected chi connectivity index (χ1v) is 8.38. The van der Waals surface area contributed by atoms with Gasteiger partial charge in [0, 0.05) is 26.2 Å². The highest BCUT2D eigenvalue weighted by atomic mass is 127. The monoisotopic (exact) mass is 408 g/mol. The molecule has 0 aromatic heterocycles. The highest BCUT2D eigenvalue weighted by molar-refractivity contribution is 14.0. The Bertz CT molecular complexity index is 323. The van der Waals surface area contributed by atoms with Gasteiger partial charge in [0.1, 0.15) is 0 Å². The Morgan fingerprint density at radius 1 is 1.29 bits per heavy atom. The van der Waals surface area contributed by atoms with Gasteiger partial charge in [-0.05, 0) is 57.5 Å². The van der Waals surface area contributed by atoms with Crippen molar-refractivity contribution in [1.82, 2.24) is 15.5 Å². The molecule has 1 saturated carbocycles. The lowest BCUT2D eigenvalue weighted by molar-refractivity contribution is 0.139. The predicted octanol–water partition coefficient (Wildman–Crippen LogP) is 2.69. The van der Waals surface area contributed by atoms with Gasteiger partial charge in [0.25, 0.3) is 0 Å². The third-order valence-electron chi connectivity index (χ3n) is 5.13. The molecule has 4 nitrogen and oxygen atoms in total. The first-order valence-electron chi connectivity index (χ1n) is 8.38. The predicted molar refractivity (Wildman–Crippen MR) is 102 cm³/mol. The zero-order valence-electron chi connectivity index (χ0n) is 14.0. The van der Waals surface area contributed by atoms with E-state index in [0.29, 0.717) is 5.41 Å². The van der Waals surface area contributed by atoms with E-state index in [1.807, 2.05) is 0 Å². The summed E-state index contributed by atoms with van der Waals surface area (Å²) in [5.74, 6) is 1.79. The van der Waals surface area contributed by atoms with E-state index < -0.39 is 0 Å². The minimum absolute atomic E-state index is 0. The summed E-state index contributed by atoms with van der Waals surface area (Å²) in [5, 5.41) is 6.93. The van der Waals surface area contributed by atoms with Crippen LogP contribution in [0.3, 0.4) is 0 Å². The van der Waals surface area contributed by atoms with Crippen molar-refractivity contribution in [2.45, 2.75) is 46.0 Å². The summed E-state index contributed by atoms with van der Waals surface area (Å²) in [5.41, 5.74) is 0.510. The average molecular weight is 408 g/mol. The van der Waals surface area contributed by atoms with Crippen LogP contribution in [0.4, 0.5) is 0 Å². The van der Waals surface area contributed by atoms with Crippen LogP contribution in [0, 0.1) is 11.3 Å². The Morgan fingerprint density at radius 3 is 2.52 bits per heavy atom. The molecule has 1 heterocycles. The van der Waals surface area contributed by atoms with Crippen LogP contribution in [0.15, 0.2) is 4.99 Å². The molecule has 21 heavy (non-hydrogen) atoms. The fourth-order valence-electron chi connectivity index (χ4n) is 3.32. The molecular weight excluding hydrogens is 375 g/mol. The van der Waals surface area contributed by atoms with E-state index in [0.717, 1.165) is 31.5 Å². The molecule has 0 aromatic carbocycles. The molecule has 0 radical (unpaired) electrons. The maximum atomic E-state index is 4.84. The number of guanidine groups is 1. The summed E-state index contributed by atoms with van der Waals surface area (Å²) in [4.78, 5) is 7.25. The summed E-state index contributed by atoms with van der Waals surface area (Å²) < 4.78 is 0. The molecule has 1 atom stereocenters. The van der Waals surface area contributed by atoms with Crippen LogP contribution in [0.1, 0.15) is 46.0 Å². The highest BCUT2D eigenvalue weighted by Gasteiger charge is 2.34. The maximum absolute atomic E-state index is 4.84. The largest absolute Gasteiger partial charge is 0.357 e. The second kappa shape index (κ2) is 9.18.